The summed E-state index contributed by atoms with van der Waals surface area (Å²) in [5.74, 6) is 2.60. The first-order valence-electron chi connectivity index (χ1n) is 6.96. The molecule has 0 fully saturated rings. The molecule has 5 heteroatoms. The first-order chi connectivity index (χ1) is 9.77. The average molecular weight is 331 g/mol. The molecule has 0 aliphatic rings. The van der Waals surface area contributed by atoms with Gasteiger partial charge < -0.3 is 4.57 Å². The van der Waals surface area contributed by atoms with E-state index >= 15 is 0 Å². The maximum Gasteiger partial charge on any atom is 0.124 e. The number of hydrogen-bond acceptors (Lipinski definition) is 2. The molecule has 0 unspecified atom stereocenters. The minimum atomic E-state index is 0.428. The van der Waals surface area contributed by atoms with Crippen molar-refractivity contribution in [2.45, 2.75) is 38.1 Å². The van der Waals surface area contributed by atoms with Crippen LogP contribution in [0.2, 0.25) is 5.02 Å². The molecule has 1 heterocycles. The van der Waals surface area contributed by atoms with Gasteiger partial charge in [0.2, 0.25) is 0 Å². The third-order valence-electron chi connectivity index (χ3n) is 3.41. The Kier molecular flexibility index (Phi) is 6.53. The average Bonchev–Trinajstić information content (AvgIpc) is 2.82. The normalized spacial score (nSPS) is 11.3. The maximum absolute atomic E-state index is 6.20. The van der Waals surface area contributed by atoms with E-state index in [2.05, 4.69) is 21.9 Å². The molecule has 110 valence electrons. The van der Waals surface area contributed by atoms with Crippen LogP contribution in [0.4, 0.5) is 0 Å². The van der Waals surface area contributed by atoms with Crippen LogP contribution in [0.3, 0.4) is 0 Å². The van der Waals surface area contributed by atoms with Gasteiger partial charge in [-0.25, -0.2) is 4.98 Å². The summed E-state index contributed by atoms with van der Waals surface area (Å²) < 4.78 is 2.21. The van der Waals surface area contributed by atoms with E-state index in [0.717, 1.165) is 29.8 Å². The predicted molar refractivity (Wildman–Crippen MR) is 91.2 cm³/mol. The molecule has 0 saturated heterocycles. The first-order valence-corrected chi connectivity index (χ1v) is 9.27. The third-order valence-corrected chi connectivity index (χ3v) is 4.65. The molecule has 0 N–H and O–H groups in total. The highest BCUT2D eigenvalue weighted by Gasteiger charge is 2.11. The summed E-state index contributed by atoms with van der Waals surface area (Å²) in [6, 6.07) is 5.92. The van der Waals surface area contributed by atoms with E-state index in [-0.39, 0.29) is 0 Å². The SMILES string of the molecule is CSCCCCCCn1c(CCl)nc2c(Cl)cccc21. The van der Waals surface area contributed by atoms with Gasteiger partial charge in [-0.2, -0.15) is 11.8 Å². The monoisotopic (exact) mass is 330 g/mol. The lowest BCUT2D eigenvalue weighted by Crippen LogP contribution is -2.02. The summed E-state index contributed by atoms with van der Waals surface area (Å²) in [5, 5.41) is 0.701. The highest BCUT2D eigenvalue weighted by atomic mass is 35.5. The Hall–Kier alpha value is -0.380. The zero-order valence-corrected chi connectivity index (χ0v) is 14.1. The van der Waals surface area contributed by atoms with Gasteiger partial charge in [0.15, 0.2) is 0 Å². The van der Waals surface area contributed by atoms with Crippen molar-refractivity contribution in [2.75, 3.05) is 12.0 Å². The zero-order chi connectivity index (χ0) is 14.4. The van der Waals surface area contributed by atoms with Crippen molar-refractivity contribution < 1.29 is 0 Å². The largest absolute Gasteiger partial charge is 0.327 e. The van der Waals surface area contributed by atoms with Crippen LogP contribution in [0.25, 0.3) is 11.0 Å². The Morgan fingerprint density at radius 3 is 2.75 bits per heavy atom. The van der Waals surface area contributed by atoms with Crippen LogP contribution in [0, 0.1) is 0 Å². The number of alkyl halides is 1. The zero-order valence-electron chi connectivity index (χ0n) is 11.7. The highest BCUT2D eigenvalue weighted by Crippen LogP contribution is 2.25. The maximum atomic E-state index is 6.20. The number of hydrogen-bond donors (Lipinski definition) is 0. The molecule has 2 rings (SSSR count). The molecule has 0 bridgehead atoms. The molecule has 2 nitrogen and oxygen atoms in total. The summed E-state index contributed by atoms with van der Waals surface area (Å²) >= 11 is 14.1. The number of rotatable bonds is 8. The lowest BCUT2D eigenvalue weighted by Gasteiger charge is -2.07. The van der Waals surface area contributed by atoms with E-state index in [0.29, 0.717) is 10.9 Å². The van der Waals surface area contributed by atoms with Gasteiger partial charge >= 0.3 is 0 Å². The highest BCUT2D eigenvalue weighted by molar-refractivity contribution is 7.98. The number of aromatic nitrogens is 2. The van der Waals surface area contributed by atoms with Crippen LogP contribution >= 0.6 is 35.0 Å². The van der Waals surface area contributed by atoms with E-state index < -0.39 is 0 Å². The summed E-state index contributed by atoms with van der Waals surface area (Å²) in [5.41, 5.74) is 1.96. The Bertz CT molecular complexity index is 554. The van der Waals surface area contributed by atoms with Crippen molar-refractivity contribution in [1.82, 2.24) is 9.55 Å². The van der Waals surface area contributed by atoms with Gasteiger partial charge in [0.25, 0.3) is 0 Å². The van der Waals surface area contributed by atoms with Crippen LogP contribution < -0.4 is 0 Å². The number of nitrogens with zero attached hydrogens (tertiary/aromatic N) is 2. The predicted octanol–water partition coefficient (Wildman–Crippen LogP) is 5.35. The van der Waals surface area contributed by atoms with Crippen LogP contribution in [-0.4, -0.2) is 21.6 Å². The standard InChI is InChI=1S/C15H20Cl2N2S/c1-20-10-5-3-2-4-9-19-13-8-6-7-12(17)15(13)18-14(19)11-16/h6-8H,2-5,9-11H2,1H3. The van der Waals surface area contributed by atoms with Crippen molar-refractivity contribution in [3.05, 3.63) is 29.0 Å². The molecule has 1 aromatic heterocycles. The summed E-state index contributed by atoms with van der Waals surface area (Å²) in [4.78, 5) is 4.55. The minimum Gasteiger partial charge on any atom is -0.327 e. The molecule has 0 spiro atoms. The molecule has 0 aliphatic carbocycles. The molecule has 0 saturated carbocycles. The second-order valence-electron chi connectivity index (χ2n) is 4.83. The Morgan fingerprint density at radius 2 is 2.00 bits per heavy atom. The number of fused-ring (bicyclic) bond motifs is 1. The molecule has 20 heavy (non-hydrogen) atoms. The number of imidazole rings is 1. The molecule has 2 aromatic rings. The summed E-state index contributed by atoms with van der Waals surface area (Å²) in [7, 11) is 0. The molecular weight excluding hydrogens is 311 g/mol. The van der Waals surface area contributed by atoms with E-state index in [1.807, 2.05) is 23.9 Å². The van der Waals surface area contributed by atoms with Gasteiger partial charge in [0.05, 0.1) is 16.4 Å². The van der Waals surface area contributed by atoms with Crippen molar-refractivity contribution in [3.63, 3.8) is 0 Å². The van der Waals surface area contributed by atoms with E-state index in [1.54, 1.807) is 0 Å². The van der Waals surface area contributed by atoms with Gasteiger partial charge in [0, 0.05) is 6.54 Å². The fourth-order valence-corrected chi connectivity index (χ4v) is 3.29. The Balaban J connectivity index is 2.03. The first kappa shape index (κ1) is 16.0. The van der Waals surface area contributed by atoms with E-state index in [9.17, 15) is 0 Å². The molecule has 0 radical (unpaired) electrons. The van der Waals surface area contributed by atoms with Gasteiger partial charge in [-0.15, -0.1) is 11.6 Å². The topological polar surface area (TPSA) is 17.8 Å². The Morgan fingerprint density at radius 1 is 1.20 bits per heavy atom. The number of thioether (sulfide) groups is 1. The van der Waals surface area contributed by atoms with Crippen molar-refractivity contribution >= 4 is 46.0 Å². The molecule has 0 amide bonds. The van der Waals surface area contributed by atoms with Crippen LogP contribution in [-0.2, 0) is 12.4 Å². The van der Waals surface area contributed by atoms with Crippen LogP contribution in [0.15, 0.2) is 18.2 Å². The van der Waals surface area contributed by atoms with E-state index in [1.165, 1.54) is 25.0 Å². The number of unbranched alkanes of at least 4 members (excludes halogenated alkanes) is 3. The van der Waals surface area contributed by atoms with Gasteiger partial charge in [-0.3, -0.25) is 0 Å². The fraction of sp³-hybridized carbons (Fsp3) is 0.533. The Labute approximate surface area is 134 Å². The number of benzene rings is 1. The fourth-order valence-electron chi connectivity index (χ4n) is 2.38. The smallest absolute Gasteiger partial charge is 0.124 e. The lowest BCUT2D eigenvalue weighted by molar-refractivity contribution is 0.582. The number of aryl methyl sites for hydroxylation is 1. The second kappa shape index (κ2) is 8.16. The summed E-state index contributed by atoms with van der Waals surface area (Å²) in [6.07, 6.45) is 7.18. The molecular formula is C15H20Cl2N2S. The van der Waals surface area contributed by atoms with Gasteiger partial charge in [-0.1, -0.05) is 30.5 Å². The molecule has 1 aromatic carbocycles. The minimum absolute atomic E-state index is 0.428. The molecule has 0 aliphatic heterocycles. The summed E-state index contributed by atoms with van der Waals surface area (Å²) in [6.45, 7) is 0.970. The number of para-hydroxylation sites is 1. The van der Waals surface area contributed by atoms with Crippen molar-refractivity contribution in [3.8, 4) is 0 Å². The van der Waals surface area contributed by atoms with Gasteiger partial charge in [-0.05, 0) is 37.0 Å². The quantitative estimate of drug-likeness (QED) is 0.479. The lowest BCUT2D eigenvalue weighted by atomic mass is 10.2. The number of halogens is 2. The van der Waals surface area contributed by atoms with Crippen LogP contribution in [0.5, 0.6) is 0 Å². The molecule has 0 atom stereocenters. The van der Waals surface area contributed by atoms with Crippen molar-refractivity contribution in [1.29, 1.82) is 0 Å². The van der Waals surface area contributed by atoms with Gasteiger partial charge in [0.1, 0.15) is 11.3 Å². The second-order valence-corrected chi connectivity index (χ2v) is 6.49. The third kappa shape index (κ3) is 3.84. The van der Waals surface area contributed by atoms with Crippen LogP contribution in [0.1, 0.15) is 31.5 Å². The van der Waals surface area contributed by atoms with Crippen molar-refractivity contribution in [2.24, 2.45) is 0 Å². The van der Waals surface area contributed by atoms with E-state index in [4.69, 9.17) is 23.2 Å².